The highest BCUT2D eigenvalue weighted by atomic mass is 35.5. The number of benzene rings is 1. The predicted molar refractivity (Wildman–Crippen MR) is 154 cm³/mol. The van der Waals surface area contributed by atoms with Gasteiger partial charge < -0.3 is 24.2 Å². The minimum atomic E-state index is -1.18. The van der Waals surface area contributed by atoms with Gasteiger partial charge in [-0.2, -0.15) is 9.97 Å². The van der Waals surface area contributed by atoms with Gasteiger partial charge in [-0.05, 0) is 42.5 Å². The van der Waals surface area contributed by atoms with E-state index in [0.29, 0.717) is 23.5 Å². The Morgan fingerprint density at radius 1 is 1.07 bits per heavy atom. The third-order valence-electron chi connectivity index (χ3n) is 8.92. The first-order valence-electron chi connectivity index (χ1n) is 14.5. The summed E-state index contributed by atoms with van der Waals surface area (Å²) in [5.74, 6) is -2.99. The monoisotopic (exact) mass is 611 g/mol. The molecule has 12 nitrogen and oxygen atoms in total. The molecule has 2 aliphatic heterocycles. The summed E-state index contributed by atoms with van der Waals surface area (Å²) in [6.45, 7) is 5.23. The average molecular weight is 612 g/mol. The molecule has 1 N–H and O–H groups in total. The number of carbonyl (C=O) groups excluding carboxylic acids is 2. The number of aliphatic carboxylic acids is 1. The van der Waals surface area contributed by atoms with Crippen molar-refractivity contribution in [2.45, 2.75) is 89.4 Å². The molecule has 2 fully saturated rings. The first kappa shape index (κ1) is 29.3. The van der Waals surface area contributed by atoms with E-state index in [2.05, 4.69) is 44.1 Å². The lowest BCUT2D eigenvalue weighted by atomic mass is 9.66. The predicted octanol–water partition coefficient (Wildman–Crippen LogP) is 4.18. The van der Waals surface area contributed by atoms with Crippen LogP contribution in [0.2, 0.25) is 5.28 Å². The van der Waals surface area contributed by atoms with Crippen molar-refractivity contribution in [1.82, 2.24) is 19.5 Å². The second-order valence-electron chi connectivity index (χ2n) is 11.8. The molecule has 4 heterocycles. The zero-order valence-electron chi connectivity index (χ0n) is 24.2. The largest absolute Gasteiger partial charge is 0.481 e. The van der Waals surface area contributed by atoms with E-state index >= 15 is 0 Å². The number of anilines is 1. The fourth-order valence-electron chi connectivity index (χ4n) is 7.05. The average Bonchev–Trinajstić information content (AvgIpc) is 3.53. The summed E-state index contributed by atoms with van der Waals surface area (Å²) in [6.07, 6.45) is 2.61. The summed E-state index contributed by atoms with van der Waals surface area (Å²) >= 11 is 6.53. The second kappa shape index (κ2) is 11.4. The molecule has 0 amide bonds. The second-order valence-corrected chi connectivity index (χ2v) is 12.1. The van der Waals surface area contributed by atoms with Crippen LogP contribution in [0.15, 0.2) is 30.6 Å². The lowest BCUT2D eigenvalue weighted by molar-refractivity contribution is -0.166. The molecule has 228 valence electrons. The summed E-state index contributed by atoms with van der Waals surface area (Å²) in [7, 11) is 0. The Hall–Kier alpha value is -3.77. The van der Waals surface area contributed by atoms with Gasteiger partial charge in [0, 0.05) is 32.4 Å². The van der Waals surface area contributed by atoms with Crippen LogP contribution in [-0.2, 0) is 40.6 Å². The number of aromatic nitrogens is 4. The van der Waals surface area contributed by atoms with Crippen LogP contribution in [0.1, 0.15) is 70.2 Å². The van der Waals surface area contributed by atoms with Gasteiger partial charge in [0.05, 0.1) is 12.2 Å². The lowest BCUT2D eigenvalue weighted by Crippen LogP contribution is -2.47. The summed E-state index contributed by atoms with van der Waals surface area (Å²) in [5.41, 5.74) is 3.41. The topological polar surface area (TPSA) is 146 Å². The van der Waals surface area contributed by atoms with Crippen LogP contribution in [0.25, 0.3) is 11.2 Å². The van der Waals surface area contributed by atoms with Crippen molar-refractivity contribution in [3.63, 3.8) is 0 Å². The number of imidazole rings is 1. The standard InChI is InChI=1S/C30H34ClN5O7/c1-16(28(39)40)22-23(41-17(2)37)24(42-18(3)38)27(43-22)36-15-32-21-25(33-29(31)34-26(21)36)35-13-19-9-5-6-10-20(19)30(14-35)11-7-4-8-12-30/h5-6,9-10,15-16,22-24,27H,4,7-8,11-14H2,1-3H3,(H,39,40)/t16?,22-,23-,24-,27-/m1/s1. The first-order chi connectivity index (χ1) is 20.6. The van der Waals surface area contributed by atoms with Crippen LogP contribution in [0.3, 0.4) is 0 Å². The van der Waals surface area contributed by atoms with Crippen LogP contribution in [-0.4, -0.2) is 67.4 Å². The normalized spacial score (nSPS) is 25.3. The number of hydrogen-bond donors (Lipinski definition) is 1. The molecular weight excluding hydrogens is 578 g/mol. The van der Waals surface area contributed by atoms with Gasteiger partial charge >= 0.3 is 17.9 Å². The molecule has 6 rings (SSSR count). The molecule has 2 aromatic heterocycles. The molecule has 3 aromatic rings. The molecule has 43 heavy (non-hydrogen) atoms. The number of fused-ring (bicyclic) bond motifs is 3. The molecular formula is C30H34ClN5O7. The maximum absolute atomic E-state index is 12.2. The van der Waals surface area contributed by atoms with Gasteiger partial charge in [-0.1, -0.05) is 43.5 Å². The molecule has 1 aromatic carbocycles. The van der Waals surface area contributed by atoms with E-state index in [-0.39, 0.29) is 10.7 Å². The van der Waals surface area contributed by atoms with Gasteiger partial charge in [-0.25, -0.2) is 4.98 Å². The zero-order valence-corrected chi connectivity index (χ0v) is 25.0. The Bertz CT molecular complexity index is 1570. The molecule has 0 radical (unpaired) electrons. The minimum Gasteiger partial charge on any atom is -0.481 e. The van der Waals surface area contributed by atoms with E-state index in [0.717, 1.165) is 32.2 Å². The van der Waals surface area contributed by atoms with E-state index in [4.69, 9.17) is 25.8 Å². The Labute approximate surface area is 253 Å². The molecule has 0 bridgehead atoms. The molecule has 1 aliphatic carbocycles. The SMILES string of the molecule is CC(=O)O[C@@H]1[C@H](OC(C)=O)[C@@H](C(C)C(=O)O)O[C@H]1n1cnc2c(N3Cc4ccccc4C4(CCCCC4)C3)nc(Cl)nc21. The van der Waals surface area contributed by atoms with Crippen molar-refractivity contribution < 1.29 is 33.7 Å². The number of hydrogen-bond acceptors (Lipinski definition) is 10. The highest BCUT2D eigenvalue weighted by Crippen LogP contribution is 2.46. The van der Waals surface area contributed by atoms with Gasteiger partial charge in [0.1, 0.15) is 6.10 Å². The quantitative estimate of drug-likeness (QED) is 0.316. The summed E-state index contributed by atoms with van der Waals surface area (Å²) in [6, 6.07) is 8.56. The van der Waals surface area contributed by atoms with Crippen molar-refractivity contribution in [3.8, 4) is 0 Å². The van der Waals surface area contributed by atoms with E-state index in [1.165, 1.54) is 44.6 Å². The Morgan fingerprint density at radius 2 is 1.77 bits per heavy atom. The van der Waals surface area contributed by atoms with Crippen molar-refractivity contribution in [1.29, 1.82) is 0 Å². The van der Waals surface area contributed by atoms with E-state index in [1.54, 1.807) is 4.57 Å². The first-order valence-corrected chi connectivity index (χ1v) is 14.9. The van der Waals surface area contributed by atoms with Crippen LogP contribution in [0.4, 0.5) is 5.82 Å². The number of carboxylic acid groups (broad SMARTS) is 1. The van der Waals surface area contributed by atoms with Crippen molar-refractivity contribution >= 4 is 46.5 Å². The van der Waals surface area contributed by atoms with Gasteiger partial charge in [-0.15, -0.1) is 0 Å². The van der Waals surface area contributed by atoms with E-state index in [9.17, 15) is 19.5 Å². The fourth-order valence-corrected chi connectivity index (χ4v) is 7.21. The molecule has 1 unspecified atom stereocenters. The highest BCUT2D eigenvalue weighted by molar-refractivity contribution is 6.28. The van der Waals surface area contributed by atoms with Crippen LogP contribution >= 0.6 is 11.6 Å². The van der Waals surface area contributed by atoms with Crippen LogP contribution in [0, 0.1) is 5.92 Å². The van der Waals surface area contributed by atoms with Crippen molar-refractivity contribution in [3.05, 3.63) is 47.0 Å². The van der Waals surface area contributed by atoms with E-state index < -0.39 is 48.4 Å². The number of esters is 2. The summed E-state index contributed by atoms with van der Waals surface area (Å²) in [4.78, 5) is 52.1. The summed E-state index contributed by atoms with van der Waals surface area (Å²) < 4.78 is 18.8. The third kappa shape index (κ3) is 5.31. The minimum absolute atomic E-state index is 0.00479. The molecule has 3 aliphatic rings. The van der Waals surface area contributed by atoms with Gasteiger partial charge in [-0.3, -0.25) is 19.0 Å². The molecule has 1 spiro atoms. The Kier molecular flexibility index (Phi) is 7.76. The number of nitrogens with zero attached hydrogens (tertiary/aromatic N) is 5. The molecule has 13 heteroatoms. The molecule has 1 saturated carbocycles. The Balaban J connectivity index is 1.43. The third-order valence-corrected chi connectivity index (χ3v) is 9.08. The number of carbonyl (C=O) groups is 3. The number of carboxylic acids is 1. The maximum Gasteiger partial charge on any atom is 0.309 e. The van der Waals surface area contributed by atoms with Crippen LogP contribution in [0.5, 0.6) is 0 Å². The van der Waals surface area contributed by atoms with Gasteiger partial charge in [0.15, 0.2) is 35.4 Å². The van der Waals surface area contributed by atoms with Gasteiger partial charge in [0.25, 0.3) is 0 Å². The highest BCUT2D eigenvalue weighted by Gasteiger charge is 2.54. The number of rotatable bonds is 6. The number of ether oxygens (including phenoxy) is 3. The number of halogens is 1. The molecule has 5 atom stereocenters. The van der Waals surface area contributed by atoms with E-state index in [1.807, 2.05) is 0 Å². The smallest absolute Gasteiger partial charge is 0.309 e. The zero-order chi connectivity index (χ0) is 30.5. The van der Waals surface area contributed by atoms with Crippen molar-refractivity contribution in [2.24, 2.45) is 5.92 Å². The Morgan fingerprint density at radius 3 is 2.47 bits per heavy atom. The fraction of sp³-hybridized carbons (Fsp3) is 0.533. The molecule has 1 saturated heterocycles. The summed E-state index contributed by atoms with van der Waals surface area (Å²) in [5, 5.41) is 9.75. The van der Waals surface area contributed by atoms with Crippen molar-refractivity contribution in [2.75, 3.05) is 11.4 Å². The maximum atomic E-state index is 12.2. The van der Waals surface area contributed by atoms with Gasteiger partial charge in [0.2, 0.25) is 5.28 Å². The lowest BCUT2D eigenvalue weighted by Gasteiger charge is -2.47. The van der Waals surface area contributed by atoms with Crippen LogP contribution < -0.4 is 4.90 Å².